The van der Waals surface area contributed by atoms with E-state index in [2.05, 4.69) is 61.3 Å². The van der Waals surface area contributed by atoms with Crippen LogP contribution in [0, 0.1) is 23.5 Å². The highest BCUT2D eigenvalue weighted by molar-refractivity contribution is 6.01. The predicted octanol–water partition coefficient (Wildman–Crippen LogP) is 12.0. The molecule has 7 N–H and O–H groups in total. The summed E-state index contributed by atoms with van der Waals surface area (Å²) >= 11 is 0. The van der Waals surface area contributed by atoms with Gasteiger partial charge >= 0.3 is 0 Å². The maximum absolute atomic E-state index is 15.8. The van der Waals surface area contributed by atoms with Crippen molar-refractivity contribution in [1.29, 1.82) is 0 Å². The molecule has 2 aliphatic carbocycles. The van der Waals surface area contributed by atoms with Gasteiger partial charge in [0.05, 0.1) is 63.2 Å². The fourth-order valence-corrected chi connectivity index (χ4v) is 11.7. The molecular weight excluding hydrogens is 1110 g/mol. The minimum atomic E-state index is -0.427. The number of hydrogen-bond acceptors (Lipinski definition) is 14. The Morgan fingerprint density at radius 2 is 1.12 bits per heavy atom. The molecule has 2 amide bonds. The maximum atomic E-state index is 15.8. The molecule has 12 aromatic rings. The molecule has 0 radical (unpaired) electrons. The molecule has 0 atom stereocenters. The average Bonchev–Trinajstić information content (AvgIpc) is 2.15. The van der Waals surface area contributed by atoms with E-state index in [4.69, 9.17) is 20.1 Å². The van der Waals surface area contributed by atoms with Crippen LogP contribution >= 0.6 is 0 Å². The average molecular weight is 1180 g/mol. The number of nitrogens with one attached hydrogen (secondary N) is 7. The Bertz CT molecular complexity index is 4630. The Labute approximate surface area is 503 Å². The van der Waals surface area contributed by atoms with Crippen LogP contribution in [0.2, 0.25) is 0 Å². The van der Waals surface area contributed by atoms with Crippen LogP contribution in [-0.2, 0) is 9.59 Å². The van der Waals surface area contributed by atoms with Gasteiger partial charge in [-0.2, -0.15) is 9.89 Å². The first-order chi connectivity index (χ1) is 42.9. The topological polar surface area (TPSA) is 244 Å². The monoisotopic (exact) mass is 1180 g/mol. The smallest absolute Gasteiger partial charge is 0.227 e. The summed E-state index contributed by atoms with van der Waals surface area (Å²) in [5.74, 6) is 0.259. The first kappa shape index (κ1) is 55.4. The molecule has 0 bridgehead atoms. The number of pyridine rings is 4. The molecule has 0 unspecified atom stereocenters. The van der Waals surface area contributed by atoms with Crippen LogP contribution in [0.4, 0.5) is 31.5 Å². The first-order valence-electron chi connectivity index (χ1n) is 29.6. The number of anilines is 4. The largest absolute Gasteiger partial charge is 0.384 e. The van der Waals surface area contributed by atoms with Crippen LogP contribution < -0.4 is 26.3 Å². The molecule has 0 aliphatic heterocycles. The SMILES string of the molecule is CN(C)CCNc1cc(F)cc(-c2cccc3[nH]c(-c4nn(N(C)CCNc5cc(F)cc(-c6cccc7[nH]c(-c8[nH]nc9ncc(-c%10cncc(NC(=O)C%11CCCCC%11)c%10)cc89)nc67)c5)c5ncc(-c6cncc(NC(=O)C7CC7)c6)cc45)nc23)c1. The van der Waals surface area contributed by atoms with Gasteiger partial charge in [-0.05, 0) is 124 Å². The van der Waals surface area contributed by atoms with Gasteiger partial charge in [-0.15, -0.1) is 5.10 Å². The summed E-state index contributed by atoms with van der Waals surface area (Å²) in [5, 5.41) is 29.0. The molecule has 8 heterocycles. The zero-order chi connectivity index (χ0) is 60.0. The number of halogens is 2. The number of aromatic amines is 3. The molecule has 2 aliphatic rings. The van der Waals surface area contributed by atoms with Crippen molar-refractivity contribution < 1.29 is 18.4 Å². The van der Waals surface area contributed by atoms with Gasteiger partial charge in [-0.25, -0.2) is 28.7 Å². The second-order valence-electron chi connectivity index (χ2n) is 23.1. The van der Waals surface area contributed by atoms with Crippen LogP contribution in [0.5, 0.6) is 0 Å². The van der Waals surface area contributed by atoms with E-state index >= 15 is 8.78 Å². The zero-order valence-corrected chi connectivity index (χ0v) is 48.6. The number of carbonyl (C=O) groups is 2. The van der Waals surface area contributed by atoms with Gasteiger partial charge in [-0.1, -0.05) is 43.5 Å². The molecular formula is C66H62F2N18O2. The third-order valence-corrected chi connectivity index (χ3v) is 16.4. The third kappa shape index (κ3) is 11.4. The highest BCUT2D eigenvalue weighted by atomic mass is 19.1. The van der Waals surface area contributed by atoms with Crippen molar-refractivity contribution in [2.75, 3.05) is 73.6 Å². The van der Waals surface area contributed by atoms with Gasteiger partial charge in [0.2, 0.25) is 11.8 Å². The number of benzene rings is 4. The summed E-state index contributed by atoms with van der Waals surface area (Å²) in [6, 6.07) is 29.1. The number of fused-ring (bicyclic) bond motifs is 4. The van der Waals surface area contributed by atoms with Crippen molar-refractivity contribution in [2.24, 2.45) is 11.8 Å². The summed E-state index contributed by atoms with van der Waals surface area (Å²) in [5.41, 5.74) is 13.2. The Morgan fingerprint density at radius 3 is 1.74 bits per heavy atom. The van der Waals surface area contributed by atoms with Crippen LogP contribution in [0.25, 0.3) is 112 Å². The lowest BCUT2D eigenvalue weighted by Gasteiger charge is -2.20. The number of amides is 2. The highest BCUT2D eigenvalue weighted by Gasteiger charge is 2.30. The second kappa shape index (κ2) is 23.4. The molecule has 14 rings (SSSR count). The fraction of sp³-hybridized carbons (Fsp3) is 0.242. The van der Waals surface area contributed by atoms with E-state index in [1.54, 1.807) is 42.0 Å². The van der Waals surface area contributed by atoms with Gasteiger partial charge < -0.3 is 36.1 Å². The molecule has 4 aromatic carbocycles. The van der Waals surface area contributed by atoms with Crippen molar-refractivity contribution >= 4 is 78.7 Å². The second-order valence-corrected chi connectivity index (χ2v) is 23.1. The van der Waals surface area contributed by atoms with E-state index in [0.29, 0.717) is 104 Å². The number of H-pyrrole nitrogens is 3. The van der Waals surface area contributed by atoms with Crippen LogP contribution in [-0.4, -0.2) is 124 Å². The van der Waals surface area contributed by atoms with E-state index in [1.807, 2.05) is 98.9 Å². The minimum absolute atomic E-state index is 0.0120. The number of rotatable bonds is 19. The van der Waals surface area contributed by atoms with Crippen molar-refractivity contribution in [3.05, 3.63) is 146 Å². The molecule has 22 heteroatoms. The van der Waals surface area contributed by atoms with Crippen LogP contribution in [0.1, 0.15) is 44.9 Å². The summed E-state index contributed by atoms with van der Waals surface area (Å²) in [4.78, 5) is 65.4. The number of likely N-dealkylation sites (N-methyl/N-ethyl adjacent to an activating group) is 2. The molecule has 2 saturated carbocycles. The molecule has 442 valence electrons. The molecule has 2 fully saturated rings. The van der Waals surface area contributed by atoms with Gasteiger partial charge in [0.1, 0.15) is 23.0 Å². The summed E-state index contributed by atoms with van der Waals surface area (Å²) in [7, 11) is 5.88. The number of carbonyl (C=O) groups excluding carboxylic acids is 2. The number of para-hydroxylation sites is 2. The molecule has 0 spiro atoms. The Hall–Kier alpha value is -10.5. The Balaban J connectivity index is 0.730. The van der Waals surface area contributed by atoms with E-state index in [0.717, 1.165) is 94.9 Å². The molecule has 88 heavy (non-hydrogen) atoms. The van der Waals surface area contributed by atoms with Crippen molar-refractivity contribution in [1.82, 2.24) is 64.9 Å². The molecule has 8 aromatic heterocycles. The van der Waals surface area contributed by atoms with Gasteiger partial charge in [0, 0.05) is 108 Å². The van der Waals surface area contributed by atoms with Gasteiger partial charge in [0.25, 0.3) is 0 Å². The standard InChI is InChI=1S/C66H62F2N18O2/c1-84(2)19-17-71-47-23-39(21-45(67)29-47)52-12-8-14-56-58(52)80-63(78-56)60-54-28-44(42-26-50(36-70-32-42)76-66(88)38-15-16-38)34-74-64(54)86(83-60)85(3)20-18-72-48-24-40(22-46(68)30-48)51-11-7-13-55-57(51)79-62(77-55)59-53-27-43(33-73-61(53)82-81-59)41-25-49(35-69-31-41)75-65(87)37-9-5-4-6-10-37/h7-8,11-14,21-38,71-72H,4-6,9-10,15-20H2,1-3H3,(H,75,87)(H,76,88)(H,77,79)(H,78,80)(H,73,81,82). The summed E-state index contributed by atoms with van der Waals surface area (Å²) in [6.45, 7) is 2.20. The Kier molecular flexibility index (Phi) is 14.7. The van der Waals surface area contributed by atoms with Crippen molar-refractivity contribution in [2.45, 2.75) is 44.9 Å². The van der Waals surface area contributed by atoms with Crippen molar-refractivity contribution in [3.63, 3.8) is 0 Å². The lowest BCUT2D eigenvalue weighted by Crippen LogP contribution is -2.35. The quantitative estimate of drug-likeness (QED) is 0.0398. The Morgan fingerprint density at radius 1 is 0.580 bits per heavy atom. The first-order valence-corrected chi connectivity index (χ1v) is 29.6. The third-order valence-electron chi connectivity index (χ3n) is 16.4. The number of nitrogens with zero attached hydrogens (tertiary/aromatic N) is 11. The zero-order valence-electron chi connectivity index (χ0n) is 48.6. The maximum Gasteiger partial charge on any atom is 0.227 e. The lowest BCUT2D eigenvalue weighted by molar-refractivity contribution is -0.120. The van der Waals surface area contributed by atoms with Crippen molar-refractivity contribution in [3.8, 4) is 67.5 Å². The summed E-state index contributed by atoms with van der Waals surface area (Å²) in [6.07, 6.45) is 17.1. The highest BCUT2D eigenvalue weighted by Crippen LogP contribution is 2.38. The minimum Gasteiger partial charge on any atom is -0.384 e. The van der Waals surface area contributed by atoms with Crippen LogP contribution in [0.3, 0.4) is 0 Å². The molecule has 20 nitrogen and oxygen atoms in total. The van der Waals surface area contributed by atoms with Gasteiger partial charge in [-0.3, -0.25) is 29.7 Å². The van der Waals surface area contributed by atoms with Gasteiger partial charge in [0.15, 0.2) is 22.9 Å². The van der Waals surface area contributed by atoms with Crippen LogP contribution in [0.15, 0.2) is 134 Å². The van der Waals surface area contributed by atoms with E-state index in [-0.39, 0.29) is 29.5 Å². The number of imidazole rings is 2. The van der Waals surface area contributed by atoms with E-state index < -0.39 is 5.82 Å². The number of aromatic nitrogens is 12. The normalized spacial score (nSPS) is 13.7. The fourth-order valence-electron chi connectivity index (χ4n) is 11.7. The predicted molar refractivity (Wildman–Crippen MR) is 340 cm³/mol. The lowest BCUT2D eigenvalue weighted by atomic mass is 9.88. The van der Waals surface area contributed by atoms with E-state index in [1.165, 1.54) is 30.7 Å². The number of hydrogen-bond donors (Lipinski definition) is 7. The molecule has 0 saturated heterocycles. The summed E-state index contributed by atoms with van der Waals surface area (Å²) < 4.78 is 31.1. The van der Waals surface area contributed by atoms with E-state index in [9.17, 15) is 9.59 Å².